The summed E-state index contributed by atoms with van der Waals surface area (Å²) in [6, 6.07) is 5.89. The van der Waals surface area contributed by atoms with Crippen molar-refractivity contribution in [2.45, 2.75) is 17.5 Å². The van der Waals surface area contributed by atoms with Crippen molar-refractivity contribution < 1.29 is 63.7 Å². The van der Waals surface area contributed by atoms with E-state index in [1.807, 2.05) is 0 Å². The van der Waals surface area contributed by atoms with Gasteiger partial charge in [-0.15, -0.1) is 0 Å². The second-order valence-corrected chi connectivity index (χ2v) is 6.45. The molecule has 0 amide bonds. The van der Waals surface area contributed by atoms with Gasteiger partial charge in [0.05, 0.1) is 47.5 Å². The van der Waals surface area contributed by atoms with Crippen LogP contribution >= 0.6 is 0 Å². The molecule has 0 bridgehead atoms. The number of alkyl halides is 2. The fourth-order valence-electron chi connectivity index (χ4n) is 2.40. The fraction of sp³-hybridized carbons (Fsp3) is 0.250. The summed E-state index contributed by atoms with van der Waals surface area (Å²) in [7, 11) is 1.41. The van der Waals surface area contributed by atoms with Gasteiger partial charge in [-0.25, -0.2) is 4.98 Å². The van der Waals surface area contributed by atoms with Gasteiger partial charge in [0.1, 0.15) is 5.75 Å². The SMILES string of the molecule is COc1ccnc(C[S@](=O)c2nc3ccc(OC(F)F)cc3[nH]2)c1OC.O.[H-].[Na+]. The Hall–Kier alpha value is -1.79. The van der Waals surface area contributed by atoms with E-state index in [1.54, 1.807) is 6.07 Å². The van der Waals surface area contributed by atoms with Crippen molar-refractivity contribution in [1.82, 2.24) is 15.0 Å². The molecule has 0 unspecified atom stereocenters. The van der Waals surface area contributed by atoms with Crippen LogP contribution in [0.2, 0.25) is 0 Å². The number of hydrogen-bond donors (Lipinski definition) is 1. The van der Waals surface area contributed by atoms with Crippen LogP contribution in [-0.2, 0) is 16.6 Å². The van der Waals surface area contributed by atoms with Crippen LogP contribution < -0.4 is 43.8 Å². The van der Waals surface area contributed by atoms with Gasteiger partial charge in [-0.1, -0.05) is 0 Å². The molecule has 0 radical (unpaired) electrons. The van der Waals surface area contributed by atoms with E-state index in [1.165, 1.54) is 38.6 Å². The maximum atomic E-state index is 12.6. The molecule has 2 heterocycles. The van der Waals surface area contributed by atoms with E-state index in [2.05, 4.69) is 19.7 Å². The average molecular weight is 425 g/mol. The molecule has 12 heteroatoms. The van der Waals surface area contributed by atoms with Crippen LogP contribution in [0.5, 0.6) is 17.2 Å². The number of nitrogens with zero attached hydrogens (tertiary/aromatic N) is 2. The summed E-state index contributed by atoms with van der Waals surface area (Å²) in [5.41, 5.74) is 1.38. The number of aromatic nitrogens is 3. The van der Waals surface area contributed by atoms with Gasteiger partial charge in [0, 0.05) is 18.3 Å². The van der Waals surface area contributed by atoms with Crippen molar-refractivity contribution >= 4 is 21.8 Å². The molecule has 2 aromatic heterocycles. The third-order valence-corrected chi connectivity index (χ3v) is 4.67. The average Bonchev–Trinajstić information content (AvgIpc) is 3.04. The molecule has 0 saturated carbocycles. The topological polar surface area (TPSA) is 118 Å². The van der Waals surface area contributed by atoms with Crippen LogP contribution in [0.4, 0.5) is 8.78 Å². The number of nitrogens with one attached hydrogen (secondary N) is 1. The number of pyridine rings is 1. The normalized spacial score (nSPS) is 11.5. The van der Waals surface area contributed by atoms with E-state index in [9.17, 15) is 13.0 Å². The van der Waals surface area contributed by atoms with E-state index < -0.39 is 17.4 Å². The predicted octanol–water partition coefficient (Wildman–Crippen LogP) is -0.824. The summed E-state index contributed by atoms with van der Waals surface area (Å²) in [6.07, 6.45) is 1.53. The molecule has 0 aliphatic carbocycles. The Balaban J connectivity index is 0.00000261. The van der Waals surface area contributed by atoms with Gasteiger partial charge in [0.2, 0.25) is 0 Å². The van der Waals surface area contributed by atoms with Crippen LogP contribution in [-0.4, -0.2) is 45.5 Å². The molecule has 0 aliphatic rings. The molecule has 1 aromatic carbocycles. The van der Waals surface area contributed by atoms with Crippen molar-refractivity contribution in [2.75, 3.05) is 14.2 Å². The molecule has 0 aliphatic heterocycles. The molecule has 8 nitrogen and oxygen atoms in total. The minimum Gasteiger partial charge on any atom is -1.00 e. The first-order valence-electron chi connectivity index (χ1n) is 7.40. The molecule has 0 fully saturated rings. The smallest absolute Gasteiger partial charge is 1.00 e. The number of ether oxygens (including phenoxy) is 3. The van der Waals surface area contributed by atoms with Crippen LogP contribution in [0.1, 0.15) is 7.12 Å². The van der Waals surface area contributed by atoms with Crippen molar-refractivity contribution in [3.05, 3.63) is 36.2 Å². The van der Waals surface area contributed by atoms with Crippen molar-refractivity contribution in [3.8, 4) is 17.2 Å². The number of aromatic amines is 1. The number of H-pyrrole nitrogens is 1. The predicted molar refractivity (Wildman–Crippen MR) is 94.9 cm³/mol. The second kappa shape index (κ2) is 10.7. The molecule has 28 heavy (non-hydrogen) atoms. The van der Waals surface area contributed by atoms with Crippen LogP contribution in [0.25, 0.3) is 11.0 Å². The molecule has 3 rings (SSSR count). The quantitative estimate of drug-likeness (QED) is 0.494. The second-order valence-electron chi connectivity index (χ2n) is 5.08. The van der Waals surface area contributed by atoms with Crippen molar-refractivity contribution in [1.29, 1.82) is 0 Å². The Kier molecular flexibility index (Phi) is 9.24. The van der Waals surface area contributed by atoms with E-state index >= 15 is 0 Å². The standard InChI is InChI=1S/C16H15F2N3O4S.Na.H2O.H/c1-23-13-5-6-19-12(14(13)24-2)8-26(22)16-20-10-4-3-9(25-15(17)18)7-11(10)21-16;;;/h3-7,15H,8H2,1-2H3,(H,20,21);;1H2;/q;+1;;-1/t26-;;;/m0.../s1. The van der Waals surface area contributed by atoms with Gasteiger partial charge >= 0.3 is 36.2 Å². The molecule has 1 atom stereocenters. The zero-order valence-corrected chi connectivity index (χ0v) is 18.2. The summed E-state index contributed by atoms with van der Waals surface area (Å²) < 4.78 is 52.1. The van der Waals surface area contributed by atoms with Gasteiger partial charge in [-0.2, -0.15) is 8.78 Å². The summed E-state index contributed by atoms with van der Waals surface area (Å²) in [5, 5.41) is 0.195. The number of rotatable bonds is 7. The number of methoxy groups -OCH3 is 2. The molecule has 0 saturated heterocycles. The largest absolute Gasteiger partial charge is 1.00 e. The Morgan fingerprint density at radius 1 is 1.25 bits per heavy atom. The van der Waals surface area contributed by atoms with E-state index in [-0.39, 0.29) is 53.1 Å². The minimum atomic E-state index is -2.92. The van der Waals surface area contributed by atoms with Gasteiger partial charge < -0.3 is 26.1 Å². The molecule has 0 spiro atoms. The van der Waals surface area contributed by atoms with Crippen LogP contribution in [0.3, 0.4) is 0 Å². The summed E-state index contributed by atoms with van der Waals surface area (Å²) >= 11 is 0. The number of imidazole rings is 1. The van der Waals surface area contributed by atoms with Crippen LogP contribution in [0, 0.1) is 0 Å². The number of benzene rings is 1. The zero-order valence-electron chi connectivity index (χ0n) is 16.4. The van der Waals surface area contributed by atoms with Gasteiger partial charge in [0.25, 0.3) is 0 Å². The first-order chi connectivity index (χ1) is 12.5. The maximum absolute atomic E-state index is 12.6. The van der Waals surface area contributed by atoms with Gasteiger partial charge in [-0.05, 0) is 12.1 Å². The minimum absolute atomic E-state index is 0. The molecule has 148 valence electrons. The first kappa shape index (κ1) is 24.2. The number of hydrogen-bond acceptors (Lipinski definition) is 6. The van der Waals surface area contributed by atoms with Crippen LogP contribution in [0.15, 0.2) is 35.6 Å². The monoisotopic (exact) mass is 425 g/mol. The summed E-state index contributed by atoms with van der Waals surface area (Å²) in [6.45, 7) is -2.92. The Morgan fingerprint density at radius 2 is 2.00 bits per heavy atom. The van der Waals surface area contributed by atoms with Crippen molar-refractivity contribution in [2.24, 2.45) is 0 Å². The fourth-order valence-corrected chi connectivity index (χ4v) is 3.41. The Morgan fingerprint density at radius 3 is 2.64 bits per heavy atom. The first-order valence-corrected chi connectivity index (χ1v) is 8.72. The van der Waals surface area contributed by atoms with E-state index in [0.717, 1.165) is 0 Å². The van der Waals surface area contributed by atoms with E-state index in [0.29, 0.717) is 28.2 Å². The molecular formula is C16H18F2N3NaO5S. The molecular weight excluding hydrogens is 407 g/mol. The Bertz CT molecular complexity index is 963. The molecule has 3 aromatic rings. The maximum Gasteiger partial charge on any atom is 1.00 e. The number of fused-ring (bicyclic) bond motifs is 1. The van der Waals surface area contributed by atoms with Gasteiger partial charge in [-0.3, -0.25) is 9.19 Å². The molecule has 3 N–H and O–H groups in total. The van der Waals surface area contributed by atoms with E-state index in [4.69, 9.17) is 9.47 Å². The third kappa shape index (κ3) is 5.39. The van der Waals surface area contributed by atoms with Gasteiger partial charge in [0.15, 0.2) is 16.7 Å². The summed E-state index contributed by atoms with van der Waals surface area (Å²) in [5.74, 6) is 0.908. The summed E-state index contributed by atoms with van der Waals surface area (Å²) in [4.78, 5) is 11.3. The Labute approximate surface area is 185 Å². The van der Waals surface area contributed by atoms with Crippen molar-refractivity contribution in [3.63, 3.8) is 0 Å². The zero-order chi connectivity index (χ0) is 18.7. The third-order valence-electron chi connectivity index (χ3n) is 3.51. The number of halogens is 2.